The topological polar surface area (TPSA) is 66.9 Å². The van der Waals surface area contributed by atoms with Gasteiger partial charge in [0, 0.05) is 10.2 Å². The Labute approximate surface area is 170 Å². The van der Waals surface area contributed by atoms with E-state index in [1.165, 1.54) is 35.2 Å². The number of nitrogens with one attached hydrogen (secondary N) is 2. The van der Waals surface area contributed by atoms with Crippen molar-refractivity contribution in [3.63, 3.8) is 0 Å². The zero-order chi connectivity index (χ0) is 18.5. The quantitative estimate of drug-likeness (QED) is 0.458. The minimum atomic E-state index is -0.336. The number of nitrogens with zero attached hydrogens (tertiary/aromatic N) is 2. The lowest BCUT2D eigenvalue weighted by Crippen LogP contribution is -2.14. The third kappa shape index (κ3) is 5.41. The summed E-state index contributed by atoms with van der Waals surface area (Å²) in [6, 6.07) is 11.3. The summed E-state index contributed by atoms with van der Waals surface area (Å²) < 4.78 is 14.6. The van der Waals surface area contributed by atoms with E-state index in [1.54, 1.807) is 30.3 Å². The fraction of sp³-hybridized carbons (Fsp3) is 0.0625. The number of anilines is 3. The molecule has 0 spiro atoms. The molecule has 1 heterocycles. The second kappa shape index (κ2) is 8.81. The van der Waals surface area contributed by atoms with Crippen LogP contribution in [0.25, 0.3) is 0 Å². The molecule has 0 unspecified atom stereocenters. The summed E-state index contributed by atoms with van der Waals surface area (Å²) in [7, 11) is 0. The van der Waals surface area contributed by atoms with Gasteiger partial charge in [0.25, 0.3) is 0 Å². The zero-order valence-electron chi connectivity index (χ0n) is 13.0. The van der Waals surface area contributed by atoms with Gasteiger partial charge in [-0.3, -0.25) is 4.79 Å². The predicted octanol–water partition coefficient (Wildman–Crippen LogP) is 5.57. The smallest absolute Gasteiger partial charge is 0.234 e. The van der Waals surface area contributed by atoms with E-state index in [9.17, 15) is 9.18 Å². The molecule has 5 nitrogen and oxygen atoms in total. The first-order chi connectivity index (χ1) is 12.5. The van der Waals surface area contributed by atoms with Crippen LogP contribution in [0.1, 0.15) is 0 Å². The molecule has 1 aromatic heterocycles. The lowest BCUT2D eigenvalue weighted by molar-refractivity contribution is -0.113. The van der Waals surface area contributed by atoms with E-state index in [-0.39, 0.29) is 17.5 Å². The first kappa shape index (κ1) is 19.1. The summed E-state index contributed by atoms with van der Waals surface area (Å²) in [4.78, 5) is 12.1. The van der Waals surface area contributed by atoms with E-state index in [4.69, 9.17) is 11.6 Å². The summed E-state index contributed by atoms with van der Waals surface area (Å²) in [5.41, 5.74) is 1.13. The van der Waals surface area contributed by atoms with Gasteiger partial charge in [0.05, 0.1) is 16.5 Å². The summed E-state index contributed by atoms with van der Waals surface area (Å²) in [6.45, 7) is 0. The molecule has 0 bridgehead atoms. The number of benzene rings is 2. The van der Waals surface area contributed by atoms with Crippen LogP contribution in [0.4, 0.5) is 20.9 Å². The Morgan fingerprint density at radius 1 is 1.27 bits per heavy atom. The maximum Gasteiger partial charge on any atom is 0.234 e. The normalized spacial score (nSPS) is 10.6. The van der Waals surface area contributed by atoms with Crippen LogP contribution >= 0.6 is 50.6 Å². The van der Waals surface area contributed by atoms with E-state index in [0.717, 1.165) is 4.47 Å². The SMILES string of the molecule is O=C(CSc1nnc(Nc2cccc(F)c2)s1)Nc1ccc(Br)cc1Cl. The lowest BCUT2D eigenvalue weighted by atomic mass is 10.3. The van der Waals surface area contributed by atoms with Crippen LogP contribution in [0, 0.1) is 5.82 Å². The summed E-state index contributed by atoms with van der Waals surface area (Å²) in [5.74, 6) is -0.368. The highest BCUT2D eigenvalue weighted by molar-refractivity contribution is 9.10. The number of amides is 1. The van der Waals surface area contributed by atoms with Gasteiger partial charge in [-0.2, -0.15) is 0 Å². The van der Waals surface area contributed by atoms with Crippen LogP contribution in [-0.4, -0.2) is 21.9 Å². The van der Waals surface area contributed by atoms with Crippen LogP contribution in [0.3, 0.4) is 0 Å². The molecule has 0 aliphatic carbocycles. The van der Waals surface area contributed by atoms with Crippen molar-refractivity contribution in [2.75, 3.05) is 16.4 Å². The highest BCUT2D eigenvalue weighted by Gasteiger charge is 2.10. The third-order valence-corrected chi connectivity index (χ3v) is 5.79. The van der Waals surface area contributed by atoms with Crippen LogP contribution in [0.2, 0.25) is 5.02 Å². The fourth-order valence-corrected chi connectivity index (χ4v) is 4.21. The van der Waals surface area contributed by atoms with Gasteiger partial charge in [-0.05, 0) is 36.4 Å². The van der Waals surface area contributed by atoms with Gasteiger partial charge in [0.2, 0.25) is 11.0 Å². The molecule has 2 aromatic carbocycles. The zero-order valence-corrected chi connectivity index (χ0v) is 17.0. The maximum atomic E-state index is 13.2. The molecular weight excluding hydrogens is 463 g/mol. The first-order valence-electron chi connectivity index (χ1n) is 7.23. The number of carbonyl (C=O) groups excluding carboxylic acids is 1. The van der Waals surface area contributed by atoms with E-state index >= 15 is 0 Å². The molecule has 2 N–H and O–H groups in total. The number of halogens is 3. The van der Waals surface area contributed by atoms with Gasteiger partial charge in [0.1, 0.15) is 5.82 Å². The molecule has 0 aliphatic rings. The molecule has 1 amide bonds. The van der Waals surface area contributed by atoms with Crippen molar-refractivity contribution < 1.29 is 9.18 Å². The van der Waals surface area contributed by atoms with Gasteiger partial charge in [-0.1, -0.05) is 56.7 Å². The molecule has 0 saturated heterocycles. The number of rotatable bonds is 6. The van der Waals surface area contributed by atoms with Crippen molar-refractivity contribution in [3.05, 3.63) is 57.8 Å². The van der Waals surface area contributed by atoms with E-state index in [0.29, 0.717) is 25.9 Å². The van der Waals surface area contributed by atoms with E-state index in [1.807, 2.05) is 0 Å². The van der Waals surface area contributed by atoms with Crippen molar-refractivity contribution >= 4 is 73.0 Å². The summed E-state index contributed by atoms with van der Waals surface area (Å²) in [6.07, 6.45) is 0. The Balaban J connectivity index is 1.53. The standard InChI is InChI=1S/C16H11BrClFN4OS2/c17-9-4-5-13(12(18)6-9)21-14(24)8-25-16-23-22-15(26-16)20-11-3-1-2-10(19)7-11/h1-7H,8H2,(H,20,22)(H,21,24). The van der Waals surface area contributed by atoms with Crippen molar-refractivity contribution in [2.45, 2.75) is 4.34 Å². The Morgan fingerprint density at radius 2 is 2.12 bits per heavy atom. The van der Waals surface area contributed by atoms with Crippen molar-refractivity contribution in [1.82, 2.24) is 10.2 Å². The van der Waals surface area contributed by atoms with Gasteiger partial charge in [0.15, 0.2) is 4.34 Å². The van der Waals surface area contributed by atoms with Gasteiger partial charge in [-0.15, -0.1) is 10.2 Å². The van der Waals surface area contributed by atoms with Gasteiger partial charge in [-0.25, -0.2) is 4.39 Å². The monoisotopic (exact) mass is 472 g/mol. The second-order valence-electron chi connectivity index (χ2n) is 4.97. The van der Waals surface area contributed by atoms with E-state index in [2.05, 4.69) is 36.8 Å². The molecule has 0 saturated carbocycles. The minimum absolute atomic E-state index is 0.168. The minimum Gasteiger partial charge on any atom is -0.330 e. The second-order valence-corrected chi connectivity index (χ2v) is 8.49. The highest BCUT2D eigenvalue weighted by Crippen LogP contribution is 2.29. The average molecular weight is 474 g/mol. The molecule has 0 aliphatic heterocycles. The van der Waals surface area contributed by atoms with E-state index < -0.39 is 0 Å². The Bertz CT molecular complexity index is 940. The van der Waals surface area contributed by atoms with Crippen molar-refractivity contribution in [3.8, 4) is 0 Å². The van der Waals surface area contributed by atoms with Crippen LogP contribution in [0.15, 0.2) is 51.3 Å². The number of hydrogen-bond acceptors (Lipinski definition) is 6. The van der Waals surface area contributed by atoms with Crippen LogP contribution < -0.4 is 10.6 Å². The molecule has 134 valence electrons. The van der Waals surface area contributed by atoms with Gasteiger partial charge >= 0.3 is 0 Å². The summed E-state index contributed by atoms with van der Waals surface area (Å²) in [5, 5.41) is 14.7. The van der Waals surface area contributed by atoms with Crippen molar-refractivity contribution in [1.29, 1.82) is 0 Å². The lowest BCUT2D eigenvalue weighted by Gasteiger charge is -2.06. The largest absolute Gasteiger partial charge is 0.330 e. The Morgan fingerprint density at radius 3 is 2.88 bits per heavy atom. The molecular formula is C16H11BrClFN4OS2. The molecule has 3 rings (SSSR count). The number of thioether (sulfide) groups is 1. The summed E-state index contributed by atoms with van der Waals surface area (Å²) >= 11 is 11.9. The number of hydrogen-bond donors (Lipinski definition) is 2. The fourth-order valence-electron chi connectivity index (χ4n) is 1.91. The number of carbonyl (C=O) groups is 1. The molecule has 10 heteroatoms. The molecule has 26 heavy (non-hydrogen) atoms. The number of aromatic nitrogens is 2. The molecule has 3 aromatic rings. The maximum absolute atomic E-state index is 13.2. The predicted molar refractivity (Wildman–Crippen MR) is 108 cm³/mol. The average Bonchev–Trinajstić information content (AvgIpc) is 3.03. The highest BCUT2D eigenvalue weighted by atomic mass is 79.9. The molecule has 0 radical (unpaired) electrons. The van der Waals surface area contributed by atoms with Gasteiger partial charge < -0.3 is 10.6 Å². The van der Waals surface area contributed by atoms with Crippen molar-refractivity contribution in [2.24, 2.45) is 0 Å². The Kier molecular flexibility index (Phi) is 6.47. The molecule has 0 atom stereocenters. The van der Waals surface area contributed by atoms with Crippen LogP contribution in [-0.2, 0) is 4.79 Å². The Hall–Kier alpha value is -1.68. The third-order valence-electron chi connectivity index (χ3n) is 3.01. The molecule has 0 fully saturated rings. The first-order valence-corrected chi connectivity index (χ1v) is 10.2. The van der Waals surface area contributed by atoms with Crippen LogP contribution in [0.5, 0.6) is 0 Å².